The summed E-state index contributed by atoms with van der Waals surface area (Å²) in [6.07, 6.45) is -10.9. The third kappa shape index (κ3) is 22.8. The number of benzene rings is 2. The molecule has 0 spiro atoms. The number of nitrogens with one attached hydrogen (secondary N) is 1. The first-order chi connectivity index (χ1) is 42.5. The minimum absolute atomic E-state index is 0.00425. The van der Waals surface area contributed by atoms with Gasteiger partial charge in [0.1, 0.15) is 48.6 Å². The highest BCUT2D eigenvalue weighted by molar-refractivity contribution is 9.09. The number of aromatic amines is 1. The fraction of sp³-hybridized carbons (Fsp3) is 0.581. The number of hydrogen-bond acceptors (Lipinski definition) is 23. The van der Waals surface area contributed by atoms with Crippen LogP contribution in [0.2, 0.25) is 0 Å². The van der Waals surface area contributed by atoms with Crippen LogP contribution in [0.15, 0.2) is 41.2 Å². The maximum absolute atomic E-state index is 15.2. The van der Waals surface area contributed by atoms with E-state index in [1.807, 2.05) is 67.0 Å². The largest absolute Gasteiger partial charge is 0.491 e. The highest BCUT2D eigenvalue weighted by atomic mass is 79.9. The van der Waals surface area contributed by atoms with Gasteiger partial charge in [-0.05, 0) is 92.5 Å². The second kappa shape index (κ2) is 34.5. The summed E-state index contributed by atoms with van der Waals surface area (Å²) in [4.78, 5) is 105. The van der Waals surface area contributed by atoms with Gasteiger partial charge in [-0.25, -0.2) is 8.78 Å². The first-order valence-electron chi connectivity index (χ1n) is 29.2. The topological polar surface area (TPSA) is 312 Å². The summed E-state index contributed by atoms with van der Waals surface area (Å²) in [6, 6.07) is 9.41. The quantitative estimate of drug-likeness (QED) is 0.0445. The number of rotatable bonds is 22. The molecule has 1 N–H and O–H groups in total. The average molecular weight is 1350 g/mol. The Morgan fingerprint density at radius 2 is 0.934 bits per heavy atom. The van der Waals surface area contributed by atoms with Crippen LogP contribution < -0.4 is 19.8 Å². The molecule has 2 aromatic heterocycles. The van der Waals surface area contributed by atoms with Gasteiger partial charge < -0.3 is 61.6 Å². The van der Waals surface area contributed by atoms with E-state index in [0.717, 1.165) is 40.3 Å². The van der Waals surface area contributed by atoms with Crippen LogP contribution in [0, 0.1) is 25.5 Å². The highest BCUT2D eigenvalue weighted by Crippen LogP contribution is 2.36. The molecule has 4 heterocycles. The lowest BCUT2D eigenvalue weighted by molar-refractivity contribution is -0.289. The van der Waals surface area contributed by atoms with Crippen LogP contribution in [-0.2, 0) is 98.6 Å². The number of halogens is 3. The minimum Gasteiger partial charge on any atom is -0.491 e. The Balaban J connectivity index is 0.000000322. The van der Waals surface area contributed by atoms with Crippen molar-refractivity contribution in [1.29, 1.82) is 0 Å². The fourth-order valence-corrected chi connectivity index (χ4v) is 10.3. The smallest absolute Gasteiger partial charge is 0.303 e. The van der Waals surface area contributed by atoms with Gasteiger partial charge in [0, 0.05) is 115 Å². The zero-order valence-corrected chi connectivity index (χ0v) is 55.9. The van der Waals surface area contributed by atoms with Gasteiger partial charge in [-0.15, -0.1) is 5.10 Å². The molecule has 0 saturated carbocycles. The van der Waals surface area contributed by atoms with E-state index in [-0.39, 0.29) is 61.0 Å². The Labute approximate surface area is 534 Å². The second-order valence-corrected chi connectivity index (χ2v) is 23.2. The number of carbonyl (C=O) groups excluding carboxylic acids is 8. The van der Waals surface area contributed by atoms with Crippen LogP contribution in [0.25, 0.3) is 0 Å². The van der Waals surface area contributed by atoms with Gasteiger partial charge in [0.2, 0.25) is 18.3 Å². The zero-order valence-electron chi connectivity index (χ0n) is 54.3. The van der Waals surface area contributed by atoms with Crippen molar-refractivity contribution >= 4 is 63.7 Å². The summed E-state index contributed by atoms with van der Waals surface area (Å²) in [6.45, 7) is 27.6. The maximum atomic E-state index is 15.2. The van der Waals surface area contributed by atoms with Gasteiger partial charge in [-0.2, -0.15) is 0 Å². The molecular formula is C62H83BrF2N4O22. The standard InChI is InChI=1S/C31H41FN2O11.C17H23FN2O2.C14H19BrO9/c1-15(2)34-17(5)24(12-22-10-11-23(13-25(22)32)40-16(3)4)30(33-34)45-31-29(43-21(9)38)28(42-20(8)37)27(41-19(7)36)26(44-31)14-39-18(6)35;1-10(2)20-12(5)15(17(21)19-20)8-13-6-7-14(9-16(13)18)22-11(3)4;1-6(16)20-5-10-11(21-7(2)17)12(22-8(3)18)13(14(15)24-10)23-9(4)19/h10-11,13,15-16,26-29,31H,12,14H2,1-9H3;6-7,9-11H,8H2,1-5H3,(H,19,21);10-14H,5H2,1-4H3/t26-,27-,28+,29-,31+;;10-,11-,12+,13-,14+/m1.1/s1. The van der Waals surface area contributed by atoms with Gasteiger partial charge in [-0.3, -0.25) is 57.6 Å². The summed E-state index contributed by atoms with van der Waals surface area (Å²) >= 11 is 3.18. The van der Waals surface area contributed by atoms with E-state index >= 15 is 4.39 Å². The molecule has 0 radical (unpaired) electrons. The van der Waals surface area contributed by atoms with Crippen molar-refractivity contribution in [2.24, 2.45) is 0 Å². The molecule has 26 nitrogen and oxygen atoms in total. The Hall–Kier alpha value is -7.92. The molecule has 29 heteroatoms. The molecule has 91 heavy (non-hydrogen) atoms. The first kappa shape index (κ1) is 75.5. The Kier molecular flexibility index (Phi) is 28.6. The van der Waals surface area contributed by atoms with Gasteiger partial charge in [-0.1, -0.05) is 28.1 Å². The molecule has 4 aromatic rings. The number of aromatic nitrogens is 4. The summed E-state index contributed by atoms with van der Waals surface area (Å²) < 4.78 is 104. The van der Waals surface area contributed by atoms with E-state index in [1.54, 1.807) is 35.9 Å². The number of nitrogens with zero attached hydrogens (tertiary/aromatic N) is 3. The maximum Gasteiger partial charge on any atom is 0.303 e. The Morgan fingerprint density at radius 3 is 1.32 bits per heavy atom. The average Bonchev–Trinajstić information content (AvgIpc) is 1.70. The van der Waals surface area contributed by atoms with E-state index in [2.05, 4.69) is 26.1 Å². The molecule has 2 aromatic carbocycles. The molecule has 2 fully saturated rings. The van der Waals surface area contributed by atoms with Crippen molar-refractivity contribution in [3.8, 4) is 17.4 Å². The fourth-order valence-electron chi connectivity index (χ4n) is 9.61. The number of carbonyl (C=O) groups is 8. The summed E-state index contributed by atoms with van der Waals surface area (Å²) in [5.74, 6) is -5.41. The molecular weight excluding hydrogens is 1270 g/mol. The van der Waals surface area contributed by atoms with Crippen molar-refractivity contribution in [2.75, 3.05) is 13.2 Å². The highest BCUT2D eigenvalue weighted by Gasteiger charge is 2.54. The summed E-state index contributed by atoms with van der Waals surface area (Å²) in [5.41, 5.74) is 3.30. The lowest BCUT2D eigenvalue weighted by Crippen LogP contribution is -2.63. The molecule has 2 aliphatic rings. The number of hydrogen-bond donors (Lipinski definition) is 1. The lowest BCUT2D eigenvalue weighted by Gasteiger charge is -2.43. The molecule has 6 rings (SSSR count). The number of H-pyrrole nitrogens is 1. The van der Waals surface area contributed by atoms with E-state index in [9.17, 15) is 47.5 Å². The van der Waals surface area contributed by atoms with Gasteiger partial charge in [0.25, 0.3) is 5.56 Å². The summed E-state index contributed by atoms with van der Waals surface area (Å²) in [7, 11) is 0. The van der Waals surface area contributed by atoms with Crippen LogP contribution in [0.4, 0.5) is 8.78 Å². The molecule has 2 aliphatic heterocycles. The minimum atomic E-state index is -1.49. The molecule has 0 aliphatic carbocycles. The number of esters is 8. The van der Waals surface area contributed by atoms with E-state index in [1.165, 1.54) is 32.9 Å². The Bertz CT molecular complexity index is 3250. The van der Waals surface area contributed by atoms with Crippen LogP contribution in [0.3, 0.4) is 0 Å². The third-order valence-corrected chi connectivity index (χ3v) is 13.9. The Morgan fingerprint density at radius 1 is 0.538 bits per heavy atom. The molecule has 0 amide bonds. The van der Waals surface area contributed by atoms with Crippen LogP contribution in [0.5, 0.6) is 17.4 Å². The van der Waals surface area contributed by atoms with Crippen molar-refractivity contribution in [2.45, 2.75) is 222 Å². The molecule has 0 bridgehead atoms. The van der Waals surface area contributed by atoms with Crippen LogP contribution in [-0.4, -0.2) is 153 Å². The first-order valence-corrected chi connectivity index (χ1v) is 30.1. The van der Waals surface area contributed by atoms with Gasteiger partial charge in [0.15, 0.2) is 35.5 Å². The van der Waals surface area contributed by atoms with Gasteiger partial charge in [0.05, 0.1) is 12.2 Å². The number of ether oxygens (including phenoxy) is 13. The van der Waals surface area contributed by atoms with Crippen molar-refractivity contribution in [3.63, 3.8) is 0 Å². The second-order valence-electron chi connectivity index (χ2n) is 22.3. The molecule has 10 atom stereocenters. The van der Waals surface area contributed by atoms with Crippen molar-refractivity contribution in [1.82, 2.24) is 19.6 Å². The molecule has 504 valence electrons. The predicted octanol–water partition coefficient (Wildman–Crippen LogP) is 7.80. The number of alkyl halides is 1. The predicted molar refractivity (Wildman–Crippen MR) is 321 cm³/mol. The van der Waals surface area contributed by atoms with E-state index in [4.69, 9.17) is 61.6 Å². The third-order valence-electron chi connectivity index (χ3n) is 13.2. The zero-order chi connectivity index (χ0) is 68.5. The van der Waals surface area contributed by atoms with Gasteiger partial charge >= 0.3 is 47.8 Å². The van der Waals surface area contributed by atoms with Crippen LogP contribution >= 0.6 is 15.9 Å². The molecule has 0 unspecified atom stereocenters. The van der Waals surface area contributed by atoms with Crippen molar-refractivity contribution < 1.29 is 109 Å². The van der Waals surface area contributed by atoms with E-state index < -0.39 is 120 Å². The monoisotopic (exact) mass is 1350 g/mol. The normalized spacial score (nSPS) is 21.0. The SMILES string of the molecule is CC(=O)OC[C@H]1O[C@@H](Oc2nn(C(C)C)c(C)c2Cc2ccc(OC(C)C)cc2F)[C@H](OC(C)=O)[C@@H](OC(C)=O)[C@@H]1OC(C)=O.CC(=O)OC[C@H]1O[C@H](Br)[C@H](OC(C)=O)[C@@H](OC(C)=O)[C@@H]1OC(C)=O.Cc1c(Cc2ccc(OC(C)C)cc2F)c(=O)[nH]n1C(C)C. The molecule has 2 saturated heterocycles. The van der Waals surface area contributed by atoms with E-state index in [0.29, 0.717) is 39.4 Å². The van der Waals surface area contributed by atoms with Crippen LogP contribution in [0.1, 0.15) is 157 Å². The van der Waals surface area contributed by atoms with Crippen molar-refractivity contribution in [3.05, 3.63) is 92.0 Å². The lowest BCUT2D eigenvalue weighted by atomic mass is 9.98. The summed E-state index contributed by atoms with van der Waals surface area (Å²) in [5, 5.41) is 6.54.